The van der Waals surface area contributed by atoms with E-state index in [0.717, 1.165) is 5.69 Å². The van der Waals surface area contributed by atoms with Crippen LogP contribution in [0.2, 0.25) is 0 Å². The van der Waals surface area contributed by atoms with Gasteiger partial charge in [-0.05, 0) is 23.6 Å². The topological polar surface area (TPSA) is 26.0 Å². The van der Waals surface area contributed by atoms with Gasteiger partial charge in [0.1, 0.15) is 0 Å². The fraction of sp³-hybridized carbons (Fsp3) is 0.400. The Morgan fingerprint density at radius 2 is 2.00 bits per heavy atom. The first kappa shape index (κ1) is 11.0. The highest BCUT2D eigenvalue weighted by Gasteiger charge is 1.96. The van der Waals surface area contributed by atoms with Crippen molar-refractivity contribution < 1.29 is 4.72 Å². The Bertz CT molecular complexity index is 226. The Hall–Kier alpha value is -1.05. The lowest BCUT2D eigenvalue weighted by Crippen LogP contribution is -1.89. The minimum absolute atomic E-state index is 0. The Kier molecular flexibility index (Phi) is 5.09. The van der Waals surface area contributed by atoms with Gasteiger partial charge in [-0.25, -0.2) is 0 Å². The predicted molar refractivity (Wildman–Crippen MR) is 54.2 cm³/mol. The van der Waals surface area contributed by atoms with Gasteiger partial charge in [0.2, 0.25) is 0 Å². The molecule has 0 aliphatic carbocycles. The maximum atomic E-state index is 8.75. The number of hydrogen-bond donors (Lipinski definition) is 1. The van der Waals surface area contributed by atoms with Gasteiger partial charge >= 0.3 is 0 Å². The number of anilines is 1. The second kappa shape index (κ2) is 5.58. The summed E-state index contributed by atoms with van der Waals surface area (Å²) < 4.78 is 13.0. The van der Waals surface area contributed by atoms with Crippen LogP contribution in [-0.4, -0.2) is 1.45 Å². The molecule has 0 fully saturated rings. The van der Waals surface area contributed by atoms with E-state index in [9.17, 15) is 0 Å². The third kappa shape index (κ3) is 3.37. The molecule has 0 amide bonds. The Morgan fingerprint density at radius 1 is 1.42 bits per heavy atom. The molecule has 70 valence electrons. The Labute approximate surface area is 75.5 Å². The first-order valence-electron chi connectivity index (χ1n) is 3.93. The molecule has 1 rings (SSSR count). The maximum absolute atomic E-state index is 8.75. The second-order valence-electron chi connectivity index (χ2n) is 2.82. The number of benzene rings is 1. The molecule has 2 N–H and O–H groups in total. The van der Waals surface area contributed by atoms with Crippen LogP contribution in [0.4, 0.5) is 10.4 Å². The summed E-state index contributed by atoms with van der Waals surface area (Å²) in [5.74, 6) is 0.573. The number of hydrogen-bond acceptors (Lipinski definition) is 1. The van der Waals surface area contributed by atoms with E-state index in [4.69, 9.17) is 10.5 Å². The normalized spacial score (nSPS) is 9.17. The molecule has 0 atom stereocenters. The van der Waals surface area contributed by atoms with Crippen molar-refractivity contribution in [2.45, 2.75) is 27.2 Å². The summed E-state index contributed by atoms with van der Waals surface area (Å²) >= 11 is 0. The van der Waals surface area contributed by atoms with E-state index in [1.54, 1.807) is 0 Å². The summed E-state index contributed by atoms with van der Waals surface area (Å²) in [5, 5.41) is 0. The zero-order valence-corrected chi connectivity index (χ0v) is 6.84. The van der Waals surface area contributed by atoms with Crippen LogP contribution >= 0.6 is 0 Å². The highest BCUT2D eigenvalue weighted by atomic mass is 19.0. The van der Waals surface area contributed by atoms with Gasteiger partial charge < -0.3 is 5.73 Å². The number of nitrogen functional groups attached to an aromatic ring is 1. The van der Waals surface area contributed by atoms with Crippen LogP contribution in [0.3, 0.4) is 0 Å². The SMILES string of the molecule is C.CC(C)c1cccc(N)c1.[3H]F. The maximum Gasteiger partial charge on any atom is 0.269 e. The fourth-order valence-corrected chi connectivity index (χ4v) is 0.918. The molecular formula is C10H18FN. The first-order valence-corrected chi connectivity index (χ1v) is 3.55. The summed E-state index contributed by atoms with van der Waals surface area (Å²) in [6, 6.07) is 8.02. The first-order chi connectivity index (χ1) is 5.70. The van der Waals surface area contributed by atoms with Crippen LogP contribution in [0.15, 0.2) is 24.3 Å². The lowest BCUT2D eigenvalue weighted by Gasteiger charge is -2.04. The van der Waals surface area contributed by atoms with Gasteiger partial charge in [-0.2, -0.15) is 0 Å². The summed E-state index contributed by atoms with van der Waals surface area (Å²) in [4.78, 5) is 0. The molecule has 0 aromatic heterocycles. The highest BCUT2D eigenvalue weighted by Crippen LogP contribution is 2.15. The van der Waals surface area contributed by atoms with Gasteiger partial charge in [0, 0.05) is 5.69 Å². The van der Waals surface area contributed by atoms with Crippen molar-refractivity contribution in [2.75, 3.05) is 5.73 Å². The molecule has 0 aliphatic heterocycles. The molecule has 0 saturated heterocycles. The van der Waals surface area contributed by atoms with Crippen LogP contribution in [-0.2, 0) is 0 Å². The molecule has 0 heterocycles. The summed E-state index contributed by atoms with van der Waals surface area (Å²) in [6.07, 6.45) is 0. The van der Waals surface area contributed by atoms with Crippen molar-refractivity contribution in [1.29, 1.82) is 1.45 Å². The molecule has 1 aromatic carbocycles. The molecule has 2 heteroatoms. The lowest BCUT2D eigenvalue weighted by atomic mass is 10.0. The molecular weight excluding hydrogens is 153 g/mol. The molecule has 1 nitrogen and oxygen atoms in total. The minimum Gasteiger partial charge on any atom is -0.399 e. The lowest BCUT2D eigenvalue weighted by molar-refractivity contribution is 0.867. The number of nitrogens with two attached hydrogens (primary N) is 1. The number of halogens is 1. The molecule has 0 spiro atoms. The number of rotatable bonds is 1. The van der Waals surface area contributed by atoms with E-state index >= 15 is 0 Å². The van der Waals surface area contributed by atoms with Crippen LogP contribution in [0.5, 0.6) is 0 Å². The van der Waals surface area contributed by atoms with E-state index in [-0.39, 0.29) is 7.43 Å². The van der Waals surface area contributed by atoms with Crippen LogP contribution < -0.4 is 5.73 Å². The van der Waals surface area contributed by atoms with Crippen molar-refractivity contribution in [1.82, 2.24) is 0 Å². The molecule has 0 bridgehead atoms. The molecule has 0 aliphatic rings. The van der Waals surface area contributed by atoms with Crippen molar-refractivity contribution in [3.05, 3.63) is 29.8 Å². The van der Waals surface area contributed by atoms with E-state index < -0.39 is 0 Å². The quantitative estimate of drug-likeness (QED) is 0.648. The minimum atomic E-state index is 0. The van der Waals surface area contributed by atoms with Crippen molar-refractivity contribution in [2.24, 2.45) is 0 Å². The largest absolute Gasteiger partial charge is 0.399 e. The highest BCUT2D eigenvalue weighted by molar-refractivity contribution is 5.41. The zero-order valence-electron chi connectivity index (χ0n) is 7.84. The summed E-state index contributed by atoms with van der Waals surface area (Å²) in [5.41, 5.74) is 7.75. The second-order valence-corrected chi connectivity index (χ2v) is 2.82. The average molecular weight is 173 g/mol. The van der Waals surface area contributed by atoms with Gasteiger partial charge in [-0.3, -0.25) is 4.72 Å². The van der Waals surface area contributed by atoms with Crippen molar-refractivity contribution >= 4 is 5.69 Å². The smallest absolute Gasteiger partial charge is 0.269 e. The summed E-state index contributed by atoms with van der Waals surface area (Å²) in [7, 11) is 0. The van der Waals surface area contributed by atoms with E-state index in [1.807, 2.05) is 18.2 Å². The fourth-order valence-electron chi connectivity index (χ4n) is 0.918. The third-order valence-electron chi connectivity index (χ3n) is 1.58. The molecule has 0 saturated carbocycles. The van der Waals surface area contributed by atoms with Gasteiger partial charge in [0.05, 0.1) is 0 Å². The van der Waals surface area contributed by atoms with Crippen LogP contribution in [0.25, 0.3) is 0 Å². The van der Waals surface area contributed by atoms with E-state index in [2.05, 4.69) is 21.4 Å². The van der Waals surface area contributed by atoms with Gasteiger partial charge in [-0.1, -0.05) is 33.4 Å². The van der Waals surface area contributed by atoms with Crippen molar-refractivity contribution in [3.63, 3.8) is 0 Å². The zero-order chi connectivity index (χ0) is 9.56. The third-order valence-corrected chi connectivity index (χ3v) is 1.58. The van der Waals surface area contributed by atoms with Crippen molar-refractivity contribution in [3.8, 4) is 0 Å². The van der Waals surface area contributed by atoms with E-state index in [0.29, 0.717) is 5.92 Å². The predicted octanol–water partition coefficient (Wildman–Crippen LogP) is 3.18. The standard InChI is InChI=1S/C9H13N.CH4.FH/c1-7(2)8-4-3-5-9(10)6-8;;/h3-7H,10H2,1-2H3;1H4;1H/i/hT. The summed E-state index contributed by atoms with van der Waals surface area (Å²) in [6.45, 7) is 4.32. The van der Waals surface area contributed by atoms with Gasteiger partial charge in [-0.15, -0.1) is 0 Å². The monoisotopic (exact) mass is 173 g/mol. The van der Waals surface area contributed by atoms with Crippen LogP contribution in [0, 0.1) is 0 Å². The Morgan fingerprint density at radius 3 is 2.33 bits per heavy atom. The molecule has 1 aromatic rings. The Balaban J connectivity index is 0. The molecule has 0 radical (unpaired) electrons. The molecule has 12 heavy (non-hydrogen) atoms. The average Bonchev–Trinajstić information content (AvgIpc) is 2.08. The van der Waals surface area contributed by atoms with Gasteiger partial charge in [0.25, 0.3) is 1.45 Å². The van der Waals surface area contributed by atoms with Gasteiger partial charge in [0.15, 0.2) is 0 Å². The van der Waals surface area contributed by atoms with Crippen LogP contribution in [0.1, 0.15) is 32.8 Å². The molecule has 0 unspecified atom stereocenters. The van der Waals surface area contributed by atoms with E-state index in [1.165, 1.54) is 5.56 Å².